The van der Waals surface area contributed by atoms with Crippen molar-refractivity contribution in [2.45, 2.75) is 39.7 Å². The molecule has 1 aromatic rings. The lowest BCUT2D eigenvalue weighted by molar-refractivity contribution is -0.125. The number of carbonyl (C=O) groups excluding carboxylic acids is 1. The molecule has 0 saturated carbocycles. The Morgan fingerprint density at radius 2 is 2.33 bits per heavy atom. The second-order valence-corrected chi connectivity index (χ2v) is 3.95. The summed E-state index contributed by atoms with van der Waals surface area (Å²) in [5.41, 5.74) is 1.01. The fourth-order valence-electron chi connectivity index (χ4n) is 1.50. The number of H-pyrrole nitrogens is 1. The first-order valence-electron chi connectivity index (χ1n) is 5.44. The van der Waals surface area contributed by atoms with Crippen LogP contribution in [0.4, 0.5) is 0 Å². The zero-order valence-electron chi connectivity index (χ0n) is 9.58. The van der Waals surface area contributed by atoms with Crippen LogP contribution in [0, 0.1) is 5.92 Å². The van der Waals surface area contributed by atoms with Crippen molar-refractivity contribution in [3.63, 3.8) is 0 Å². The Labute approximate surface area is 90.5 Å². The molecule has 1 aromatic heterocycles. The molecule has 0 spiro atoms. The third kappa shape index (κ3) is 3.38. The molecule has 0 aliphatic carbocycles. The molecule has 1 amide bonds. The van der Waals surface area contributed by atoms with Crippen molar-refractivity contribution in [3.8, 4) is 0 Å². The van der Waals surface area contributed by atoms with E-state index in [9.17, 15) is 4.79 Å². The zero-order chi connectivity index (χ0) is 11.3. The van der Waals surface area contributed by atoms with Crippen LogP contribution in [-0.4, -0.2) is 16.1 Å². The van der Waals surface area contributed by atoms with E-state index in [-0.39, 0.29) is 17.9 Å². The van der Waals surface area contributed by atoms with Crippen LogP contribution in [0.15, 0.2) is 12.4 Å². The normalized spacial score (nSPS) is 14.6. The second-order valence-electron chi connectivity index (χ2n) is 3.95. The smallest absolute Gasteiger partial charge is 0.223 e. The van der Waals surface area contributed by atoms with Crippen molar-refractivity contribution in [2.24, 2.45) is 5.92 Å². The second kappa shape index (κ2) is 5.53. The highest BCUT2D eigenvalue weighted by atomic mass is 16.1. The van der Waals surface area contributed by atoms with Crippen molar-refractivity contribution in [1.29, 1.82) is 0 Å². The van der Waals surface area contributed by atoms with E-state index in [1.54, 1.807) is 12.4 Å². The van der Waals surface area contributed by atoms with Gasteiger partial charge in [-0.15, -0.1) is 0 Å². The van der Waals surface area contributed by atoms with Gasteiger partial charge in [-0.25, -0.2) is 0 Å². The summed E-state index contributed by atoms with van der Waals surface area (Å²) < 4.78 is 0. The average molecular weight is 209 g/mol. The Bertz CT molecular complexity index is 295. The molecule has 0 radical (unpaired) electrons. The molecular weight excluding hydrogens is 190 g/mol. The largest absolute Gasteiger partial charge is 0.349 e. The Kier molecular flexibility index (Phi) is 4.34. The van der Waals surface area contributed by atoms with E-state index in [0.717, 1.165) is 18.4 Å². The lowest BCUT2D eigenvalue weighted by Gasteiger charge is -2.15. The molecule has 2 unspecified atom stereocenters. The average Bonchev–Trinajstić information content (AvgIpc) is 2.70. The van der Waals surface area contributed by atoms with Crippen LogP contribution < -0.4 is 5.32 Å². The van der Waals surface area contributed by atoms with Crippen LogP contribution in [0.25, 0.3) is 0 Å². The minimum atomic E-state index is 0.0237. The maximum atomic E-state index is 11.7. The van der Waals surface area contributed by atoms with Crippen molar-refractivity contribution in [1.82, 2.24) is 15.5 Å². The van der Waals surface area contributed by atoms with E-state index in [2.05, 4.69) is 22.4 Å². The van der Waals surface area contributed by atoms with Gasteiger partial charge in [0.2, 0.25) is 5.91 Å². The van der Waals surface area contributed by atoms with Crippen molar-refractivity contribution >= 4 is 5.91 Å². The third-order valence-electron chi connectivity index (χ3n) is 2.55. The van der Waals surface area contributed by atoms with Gasteiger partial charge < -0.3 is 5.32 Å². The molecule has 4 heteroatoms. The topological polar surface area (TPSA) is 57.8 Å². The van der Waals surface area contributed by atoms with Gasteiger partial charge in [-0.2, -0.15) is 5.10 Å². The summed E-state index contributed by atoms with van der Waals surface area (Å²) in [6.45, 7) is 6.01. The summed E-state index contributed by atoms with van der Waals surface area (Å²) in [5, 5.41) is 9.56. The van der Waals surface area contributed by atoms with Crippen LogP contribution in [-0.2, 0) is 4.79 Å². The summed E-state index contributed by atoms with van der Waals surface area (Å²) in [5.74, 6) is 0.204. The fourth-order valence-corrected chi connectivity index (χ4v) is 1.50. The summed E-state index contributed by atoms with van der Waals surface area (Å²) in [7, 11) is 0. The van der Waals surface area contributed by atoms with E-state index in [4.69, 9.17) is 0 Å². The molecule has 2 atom stereocenters. The van der Waals surface area contributed by atoms with E-state index in [1.165, 1.54) is 0 Å². The number of hydrogen-bond donors (Lipinski definition) is 2. The summed E-state index contributed by atoms with van der Waals surface area (Å²) in [6, 6.07) is 0.0237. The van der Waals surface area contributed by atoms with Gasteiger partial charge in [-0.3, -0.25) is 9.89 Å². The predicted molar refractivity (Wildman–Crippen MR) is 59.2 cm³/mol. The van der Waals surface area contributed by atoms with Crippen LogP contribution in [0.2, 0.25) is 0 Å². The number of hydrogen-bond acceptors (Lipinski definition) is 2. The lowest BCUT2D eigenvalue weighted by atomic mass is 10.0. The number of nitrogens with one attached hydrogen (secondary N) is 2. The predicted octanol–water partition coefficient (Wildman–Crippen LogP) is 2.02. The number of nitrogens with zero attached hydrogens (tertiary/aromatic N) is 1. The Morgan fingerprint density at radius 1 is 1.60 bits per heavy atom. The molecule has 1 rings (SSSR count). The van der Waals surface area contributed by atoms with Gasteiger partial charge in [0.05, 0.1) is 12.2 Å². The van der Waals surface area contributed by atoms with Gasteiger partial charge in [-0.05, 0) is 13.3 Å². The van der Waals surface area contributed by atoms with Crippen LogP contribution in [0.1, 0.15) is 45.2 Å². The third-order valence-corrected chi connectivity index (χ3v) is 2.55. The van der Waals surface area contributed by atoms with Crippen LogP contribution in [0.3, 0.4) is 0 Å². The van der Waals surface area contributed by atoms with Gasteiger partial charge in [0.15, 0.2) is 0 Å². The minimum absolute atomic E-state index is 0.0237. The van der Waals surface area contributed by atoms with E-state index in [1.807, 2.05) is 13.8 Å². The van der Waals surface area contributed by atoms with Gasteiger partial charge in [-0.1, -0.05) is 20.3 Å². The molecule has 0 aliphatic rings. The van der Waals surface area contributed by atoms with Gasteiger partial charge in [0.1, 0.15) is 0 Å². The number of aromatic amines is 1. The Balaban J connectivity index is 2.44. The SMILES string of the molecule is CCCC(C)C(=O)NC(C)c1cn[nH]c1. The molecule has 0 saturated heterocycles. The van der Waals surface area contributed by atoms with Crippen molar-refractivity contribution < 1.29 is 4.79 Å². The van der Waals surface area contributed by atoms with E-state index in [0.29, 0.717) is 0 Å². The number of aromatic nitrogens is 2. The maximum absolute atomic E-state index is 11.7. The molecule has 0 fully saturated rings. The molecule has 4 nitrogen and oxygen atoms in total. The van der Waals surface area contributed by atoms with Gasteiger partial charge >= 0.3 is 0 Å². The molecular formula is C11H19N3O. The highest BCUT2D eigenvalue weighted by molar-refractivity contribution is 5.78. The Morgan fingerprint density at radius 3 is 2.87 bits per heavy atom. The molecule has 2 N–H and O–H groups in total. The first kappa shape index (κ1) is 11.8. The highest BCUT2D eigenvalue weighted by Gasteiger charge is 2.15. The molecule has 84 valence electrons. The first-order valence-corrected chi connectivity index (χ1v) is 5.44. The molecule has 0 bridgehead atoms. The molecule has 15 heavy (non-hydrogen) atoms. The van der Waals surface area contributed by atoms with Crippen LogP contribution in [0.5, 0.6) is 0 Å². The Hall–Kier alpha value is -1.32. The summed E-state index contributed by atoms with van der Waals surface area (Å²) in [4.78, 5) is 11.7. The van der Waals surface area contributed by atoms with E-state index >= 15 is 0 Å². The quantitative estimate of drug-likeness (QED) is 0.779. The highest BCUT2D eigenvalue weighted by Crippen LogP contribution is 2.12. The maximum Gasteiger partial charge on any atom is 0.223 e. The van der Waals surface area contributed by atoms with Gasteiger partial charge in [0, 0.05) is 17.7 Å². The first-order chi connectivity index (χ1) is 7.15. The number of carbonyl (C=O) groups is 1. The minimum Gasteiger partial charge on any atom is -0.349 e. The van der Waals surface area contributed by atoms with E-state index < -0.39 is 0 Å². The van der Waals surface area contributed by atoms with Crippen molar-refractivity contribution in [2.75, 3.05) is 0 Å². The van der Waals surface area contributed by atoms with Crippen molar-refractivity contribution in [3.05, 3.63) is 18.0 Å². The molecule has 0 aliphatic heterocycles. The fraction of sp³-hybridized carbons (Fsp3) is 0.636. The summed E-state index contributed by atoms with van der Waals surface area (Å²) >= 11 is 0. The zero-order valence-corrected chi connectivity index (χ0v) is 9.58. The standard InChI is InChI=1S/C11H19N3O/c1-4-5-8(2)11(15)14-9(3)10-6-12-13-7-10/h6-9H,4-5H2,1-3H3,(H,12,13)(H,14,15). The van der Waals surface area contributed by atoms with Gasteiger partial charge in [0.25, 0.3) is 0 Å². The lowest BCUT2D eigenvalue weighted by Crippen LogP contribution is -2.31. The number of amides is 1. The monoisotopic (exact) mass is 209 g/mol. The number of rotatable bonds is 5. The molecule has 0 aromatic carbocycles. The van der Waals surface area contributed by atoms with Crippen LogP contribution >= 0.6 is 0 Å². The molecule has 1 heterocycles. The summed E-state index contributed by atoms with van der Waals surface area (Å²) in [6.07, 6.45) is 5.50.